The van der Waals surface area contributed by atoms with Crippen LogP contribution in [0.5, 0.6) is 5.75 Å². The maximum absolute atomic E-state index is 6.05. The van der Waals surface area contributed by atoms with Crippen molar-refractivity contribution in [2.24, 2.45) is 17.7 Å². The normalized spacial score (nSPS) is 25.1. The van der Waals surface area contributed by atoms with Gasteiger partial charge in [0, 0.05) is 6.04 Å². The fourth-order valence-corrected chi connectivity index (χ4v) is 3.12. The molecule has 4 heteroatoms. The summed E-state index contributed by atoms with van der Waals surface area (Å²) in [7, 11) is 1.63. The number of ether oxygens (including phenoxy) is 1. The Morgan fingerprint density at radius 3 is 2.78 bits per heavy atom. The highest BCUT2D eigenvalue weighted by Crippen LogP contribution is 2.39. The molecule has 18 heavy (non-hydrogen) atoms. The molecule has 1 fully saturated rings. The maximum Gasteiger partial charge on any atom is 0.137 e. The van der Waals surface area contributed by atoms with Crippen molar-refractivity contribution >= 4 is 11.6 Å². The number of benzene rings is 1. The first-order valence-electron chi connectivity index (χ1n) is 6.45. The molecule has 0 saturated heterocycles. The van der Waals surface area contributed by atoms with Gasteiger partial charge in [0.2, 0.25) is 0 Å². The summed E-state index contributed by atoms with van der Waals surface area (Å²) in [5, 5.41) is 0.636. The van der Waals surface area contributed by atoms with Crippen LogP contribution in [0.15, 0.2) is 18.2 Å². The van der Waals surface area contributed by atoms with Crippen LogP contribution in [-0.2, 0) is 0 Å². The second kappa shape index (κ2) is 5.91. The van der Waals surface area contributed by atoms with Crippen molar-refractivity contribution in [3.05, 3.63) is 28.8 Å². The molecule has 1 aromatic carbocycles. The fourth-order valence-electron chi connectivity index (χ4n) is 2.93. The van der Waals surface area contributed by atoms with Gasteiger partial charge in [0.1, 0.15) is 5.75 Å². The fraction of sp³-hybridized carbons (Fsp3) is 0.571. The number of hydrazine groups is 1. The number of halogens is 1. The molecule has 3 unspecified atom stereocenters. The van der Waals surface area contributed by atoms with E-state index in [1.54, 1.807) is 7.11 Å². The standard InChI is InChI=1S/C14H21ClN2O/c1-9-3-4-10(7-9)14(17-16)11-5-6-12(15)13(8-11)18-2/h5-6,8-10,14,17H,3-4,7,16H2,1-2H3. The van der Waals surface area contributed by atoms with Crippen LogP contribution in [-0.4, -0.2) is 7.11 Å². The summed E-state index contributed by atoms with van der Waals surface area (Å²) >= 11 is 6.05. The van der Waals surface area contributed by atoms with Crippen LogP contribution >= 0.6 is 11.6 Å². The van der Waals surface area contributed by atoms with Crippen molar-refractivity contribution in [1.82, 2.24) is 5.43 Å². The van der Waals surface area contributed by atoms with Crippen LogP contribution in [0.1, 0.15) is 37.8 Å². The van der Waals surface area contributed by atoms with Crippen molar-refractivity contribution in [3.63, 3.8) is 0 Å². The SMILES string of the molecule is COc1cc(C(NN)C2CCC(C)C2)ccc1Cl. The molecule has 1 saturated carbocycles. The summed E-state index contributed by atoms with van der Waals surface area (Å²) in [6.07, 6.45) is 3.73. The molecular weight excluding hydrogens is 248 g/mol. The average Bonchev–Trinajstić information content (AvgIpc) is 2.79. The molecule has 0 spiro atoms. The molecule has 100 valence electrons. The van der Waals surface area contributed by atoms with Gasteiger partial charge < -0.3 is 4.74 Å². The third-order valence-corrected chi connectivity index (χ3v) is 4.23. The Morgan fingerprint density at radius 2 is 2.22 bits per heavy atom. The zero-order valence-corrected chi connectivity index (χ0v) is 11.7. The summed E-state index contributed by atoms with van der Waals surface area (Å²) in [5.74, 6) is 7.83. The van der Waals surface area contributed by atoms with E-state index in [4.69, 9.17) is 22.2 Å². The van der Waals surface area contributed by atoms with Crippen molar-refractivity contribution < 1.29 is 4.74 Å². The van der Waals surface area contributed by atoms with Crippen LogP contribution in [0.2, 0.25) is 5.02 Å². The van der Waals surface area contributed by atoms with Crippen molar-refractivity contribution in [3.8, 4) is 5.75 Å². The van der Waals surface area contributed by atoms with Gasteiger partial charge in [-0.25, -0.2) is 0 Å². The van der Waals surface area contributed by atoms with Crippen LogP contribution in [0.25, 0.3) is 0 Å². The molecule has 0 heterocycles. The molecule has 0 aliphatic heterocycles. The number of hydrogen-bond acceptors (Lipinski definition) is 3. The second-order valence-corrected chi connectivity index (χ2v) is 5.62. The van der Waals surface area contributed by atoms with Crippen molar-refractivity contribution in [1.29, 1.82) is 0 Å². The van der Waals surface area contributed by atoms with Crippen LogP contribution in [0, 0.1) is 11.8 Å². The first-order valence-corrected chi connectivity index (χ1v) is 6.83. The molecule has 2 rings (SSSR count). The van der Waals surface area contributed by atoms with E-state index in [1.807, 2.05) is 18.2 Å². The molecule has 1 aliphatic carbocycles. The largest absolute Gasteiger partial charge is 0.495 e. The van der Waals surface area contributed by atoms with Gasteiger partial charge >= 0.3 is 0 Å². The van der Waals surface area contributed by atoms with Crippen molar-refractivity contribution in [2.45, 2.75) is 32.2 Å². The summed E-state index contributed by atoms with van der Waals surface area (Å²) in [6, 6.07) is 6.06. The molecular formula is C14H21ClN2O. The Hall–Kier alpha value is -0.770. The zero-order chi connectivity index (χ0) is 13.1. The van der Waals surface area contributed by atoms with E-state index >= 15 is 0 Å². The highest BCUT2D eigenvalue weighted by molar-refractivity contribution is 6.32. The van der Waals surface area contributed by atoms with Gasteiger partial charge in [-0.15, -0.1) is 0 Å². The Morgan fingerprint density at radius 1 is 1.44 bits per heavy atom. The number of nitrogens with one attached hydrogen (secondary N) is 1. The van der Waals surface area contributed by atoms with Crippen molar-refractivity contribution in [2.75, 3.05) is 7.11 Å². The van der Waals surface area contributed by atoms with Gasteiger partial charge in [0.15, 0.2) is 0 Å². The molecule has 3 atom stereocenters. The van der Waals surface area contributed by atoms with Gasteiger partial charge in [0.25, 0.3) is 0 Å². The average molecular weight is 269 g/mol. The van der Waals surface area contributed by atoms with Gasteiger partial charge in [-0.05, 0) is 42.4 Å². The van der Waals surface area contributed by atoms with Gasteiger partial charge in [-0.2, -0.15) is 0 Å². The first kappa shape index (κ1) is 13.7. The Labute approximate surface area is 114 Å². The summed E-state index contributed by atoms with van der Waals surface area (Å²) in [4.78, 5) is 0. The topological polar surface area (TPSA) is 47.3 Å². The smallest absolute Gasteiger partial charge is 0.137 e. The molecule has 0 bridgehead atoms. The Balaban J connectivity index is 2.22. The predicted octanol–water partition coefficient (Wildman–Crippen LogP) is 3.29. The van der Waals surface area contributed by atoms with Gasteiger partial charge in [-0.3, -0.25) is 11.3 Å². The van der Waals surface area contributed by atoms with E-state index in [-0.39, 0.29) is 6.04 Å². The van der Waals surface area contributed by atoms with E-state index in [0.717, 1.165) is 11.5 Å². The summed E-state index contributed by atoms with van der Waals surface area (Å²) in [6.45, 7) is 2.30. The van der Waals surface area contributed by atoms with E-state index < -0.39 is 0 Å². The lowest BCUT2D eigenvalue weighted by molar-refractivity contribution is 0.361. The van der Waals surface area contributed by atoms with E-state index in [9.17, 15) is 0 Å². The number of methoxy groups -OCH3 is 1. The third kappa shape index (κ3) is 2.79. The van der Waals surface area contributed by atoms with Crippen LogP contribution in [0.3, 0.4) is 0 Å². The van der Waals surface area contributed by atoms with Crippen LogP contribution in [0.4, 0.5) is 0 Å². The summed E-state index contributed by atoms with van der Waals surface area (Å²) in [5.41, 5.74) is 4.10. The highest BCUT2D eigenvalue weighted by atomic mass is 35.5. The molecule has 1 aliphatic rings. The molecule has 0 radical (unpaired) electrons. The lowest BCUT2D eigenvalue weighted by Gasteiger charge is -2.24. The Kier molecular flexibility index (Phi) is 4.49. The molecule has 3 nitrogen and oxygen atoms in total. The summed E-state index contributed by atoms with van der Waals surface area (Å²) < 4.78 is 5.26. The van der Waals surface area contributed by atoms with Crippen LogP contribution < -0.4 is 16.0 Å². The monoisotopic (exact) mass is 268 g/mol. The number of rotatable bonds is 4. The molecule has 1 aromatic rings. The second-order valence-electron chi connectivity index (χ2n) is 5.22. The number of nitrogens with two attached hydrogens (primary N) is 1. The third-order valence-electron chi connectivity index (χ3n) is 3.92. The minimum atomic E-state index is 0.182. The highest BCUT2D eigenvalue weighted by Gasteiger charge is 2.29. The quantitative estimate of drug-likeness (QED) is 0.651. The molecule has 3 N–H and O–H groups in total. The molecule has 0 amide bonds. The first-order chi connectivity index (χ1) is 8.65. The van der Waals surface area contributed by atoms with E-state index in [0.29, 0.717) is 16.7 Å². The lowest BCUT2D eigenvalue weighted by atomic mass is 9.91. The maximum atomic E-state index is 6.05. The zero-order valence-electron chi connectivity index (χ0n) is 10.9. The minimum Gasteiger partial charge on any atom is -0.495 e. The van der Waals surface area contributed by atoms with E-state index in [2.05, 4.69) is 12.3 Å². The molecule has 0 aromatic heterocycles. The Bertz CT molecular complexity index is 411. The van der Waals surface area contributed by atoms with Gasteiger partial charge in [-0.1, -0.05) is 31.0 Å². The number of hydrogen-bond donors (Lipinski definition) is 2. The van der Waals surface area contributed by atoms with E-state index in [1.165, 1.54) is 19.3 Å². The minimum absolute atomic E-state index is 0.182. The lowest BCUT2D eigenvalue weighted by Crippen LogP contribution is -2.32. The van der Waals surface area contributed by atoms with Gasteiger partial charge in [0.05, 0.1) is 12.1 Å². The predicted molar refractivity (Wildman–Crippen MR) is 74.6 cm³/mol.